The first-order valence-electron chi connectivity index (χ1n) is 13.2. The molecule has 194 valence electrons. The maximum Gasteiger partial charge on any atom is 0.167 e. The predicted octanol–water partition coefficient (Wildman–Crippen LogP) is 4.95. The van der Waals surface area contributed by atoms with Crippen LogP contribution >= 0.6 is 0 Å². The number of piperazine rings is 1. The molecule has 7 nitrogen and oxygen atoms in total. The number of likely N-dealkylation sites (N-methyl/N-ethyl adjacent to an activating group) is 1. The van der Waals surface area contributed by atoms with Gasteiger partial charge in [0.2, 0.25) is 0 Å². The molecule has 0 atom stereocenters. The normalized spacial score (nSPS) is 15.2. The van der Waals surface area contributed by atoms with E-state index in [0.29, 0.717) is 17.9 Å². The Morgan fingerprint density at radius 3 is 2.38 bits per heavy atom. The molecule has 8 heteroatoms. The molecule has 0 saturated carbocycles. The zero-order valence-electron chi connectivity index (χ0n) is 22.5. The van der Waals surface area contributed by atoms with Crippen LogP contribution in [-0.2, 0) is 13.0 Å². The van der Waals surface area contributed by atoms with E-state index in [2.05, 4.69) is 56.2 Å². The number of nitrogens with zero attached hydrogens (tertiary/aromatic N) is 7. The number of hydrogen-bond acceptors (Lipinski definition) is 6. The number of benzene rings is 1. The van der Waals surface area contributed by atoms with Crippen molar-refractivity contribution in [3.05, 3.63) is 70.9 Å². The van der Waals surface area contributed by atoms with Crippen molar-refractivity contribution in [1.82, 2.24) is 34.3 Å². The summed E-state index contributed by atoms with van der Waals surface area (Å²) in [5.41, 5.74) is 6.07. The summed E-state index contributed by atoms with van der Waals surface area (Å²) < 4.78 is 17.1. The van der Waals surface area contributed by atoms with Gasteiger partial charge in [0.25, 0.3) is 0 Å². The van der Waals surface area contributed by atoms with Crippen LogP contribution in [0.5, 0.6) is 0 Å². The predicted molar refractivity (Wildman–Crippen MR) is 145 cm³/mol. The largest absolute Gasteiger partial charge is 0.326 e. The average molecular weight is 502 g/mol. The molecule has 4 aromatic rings. The van der Waals surface area contributed by atoms with Crippen molar-refractivity contribution in [3.63, 3.8) is 0 Å². The molecule has 0 radical (unpaired) electrons. The van der Waals surface area contributed by atoms with Gasteiger partial charge in [-0.3, -0.25) is 9.88 Å². The Labute approximate surface area is 218 Å². The lowest BCUT2D eigenvalue weighted by Crippen LogP contribution is -2.45. The molecule has 0 spiro atoms. The minimum absolute atomic E-state index is 0.250. The van der Waals surface area contributed by atoms with E-state index >= 15 is 0 Å². The Hall–Kier alpha value is -3.23. The van der Waals surface area contributed by atoms with Gasteiger partial charge in [-0.2, -0.15) is 0 Å². The summed E-state index contributed by atoms with van der Waals surface area (Å²) in [6.07, 6.45) is 3.66. The first-order chi connectivity index (χ1) is 17.8. The first-order valence-corrected chi connectivity index (χ1v) is 13.2. The van der Waals surface area contributed by atoms with E-state index in [9.17, 15) is 4.39 Å². The third kappa shape index (κ3) is 5.40. The van der Waals surface area contributed by atoms with Crippen molar-refractivity contribution in [2.24, 2.45) is 0 Å². The zero-order chi connectivity index (χ0) is 26.1. The van der Waals surface area contributed by atoms with Crippen LogP contribution in [-0.4, -0.2) is 67.0 Å². The summed E-state index contributed by atoms with van der Waals surface area (Å²) in [6.45, 7) is 16.9. The second kappa shape index (κ2) is 10.6. The number of aryl methyl sites for hydroxylation is 2. The number of hydrogen-bond donors (Lipinski definition) is 0. The highest BCUT2D eigenvalue weighted by Crippen LogP contribution is 2.30. The number of aromatic nitrogens is 5. The lowest BCUT2D eigenvalue weighted by Gasteiger charge is -2.33. The molecule has 1 saturated heterocycles. The van der Waals surface area contributed by atoms with Crippen molar-refractivity contribution < 1.29 is 4.39 Å². The molecule has 1 aromatic carbocycles. The van der Waals surface area contributed by atoms with E-state index in [-0.39, 0.29) is 6.04 Å². The van der Waals surface area contributed by atoms with E-state index in [1.807, 2.05) is 38.2 Å². The molecule has 5 rings (SSSR count). The Morgan fingerprint density at radius 1 is 0.946 bits per heavy atom. The highest BCUT2D eigenvalue weighted by atomic mass is 19.1. The Kier molecular flexibility index (Phi) is 7.31. The Bertz CT molecular complexity index is 1390. The quantitative estimate of drug-likeness (QED) is 0.357. The van der Waals surface area contributed by atoms with Gasteiger partial charge in [-0.25, -0.2) is 19.3 Å². The molecule has 37 heavy (non-hydrogen) atoms. The van der Waals surface area contributed by atoms with Gasteiger partial charge in [-0.15, -0.1) is 0 Å². The van der Waals surface area contributed by atoms with Gasteiger partial charge < -0.3 is 9.47 Å². The van der Waals surface area contributed by atoms with Crippen LogP contribution in [0.3, 0.4) is 0 Å². The molecule has 0 unspecified atom stereocenters. The van der Waals surface area contributed by atoms with Crippen LogP contribution in [0.25, 0.3) is 22.3 Å². The summed E-state index contributed by atoms with van der Waals surface area (Å²) in [7, 11) is 0. The molecule has 0 aliphatic carbocycles. The smallest absolute Gasteiger partial charge is 0.167 e. The SMILES string of the molecule is CCN1CCN(Cc2ccc(Cc3ncc(F)c(-c4cc(C)c5nc(C)n(C(C)C)c5c4)n3)nc2)CC1. The summed E-state index contributed by atoms with van der Waals surface area (Å²) in [4.78, 5) is 23.3. The Morgan fingerprint density at radius 2 is 1.70 bits per heavy atom. The van der Waals surface area contributed by atoms with E-state index in [4.69, 9.17) is 4.98 Å². The number of halogens is 1. The van der Waals surface area contributed by atoms with Crippen LogP contribution in [0.2, 0.25) is 0 Å². The van der Waals surface area contributed by atoms with Gasteiger partial charge in [0.15, 0.2) is 5.82 Å². The van der Waals surface area contributed by atoms with Crippen molar-refractivity contribution in [1.29, 1.82) is 0 Å². The fourth-order valence-corrected chi connectivity index (χ4v) is 5.30. The molecular formula is C29H36FN7. The van der Waals surface area contributed by atoms with Gasteiger partial charge in [0.1, 0.15) is 17.3 Å². The summed E-state index contributed by atoms with van der Waals surface area (Å²) in [5, 5.41) is 0. The zero-order valence-corrected chi connectivity index (χ0v) is 22.5. The van der Waals surface area contributed by atoms with Crippen molar-refractivity contribution in [2.45, 2.75) is 53.6 Å². The minimum Gasteiger partial charge on any atom is -0.326 e. The van der Waals surface area contributed by atoms with Gasteiger partial charge in [-0.1, -0.05) is 13.0 Å². The van der Waals surface area contributed by atoms with Crippen molar-refractivity contribution >= 4 is 11.0 Å². The number of rotatable bonds is 7. The van der Waals surface area contributed by atoms with E-state index in [0.717, 1.165) is 72.9 Å². The topological polar surface area (TPSA) is 63.0 Å². The standard InChI is InChI=1S/C29H36FN7/c1-6-35-9-11-36(12-10-35)18-22-7-8-24(31-16-22)15-27-32-17-25(30)29(34-27)23-13-20(4)28-26(14-23)37(19(2)3)21(5)33-28/h7-8,13-14,16-17,19H,6,9-12,15,18H2,1-5H3. The van der Waals surface area contributed by atoms with Gasteiger partial charge in [0, 0.05) is 56.2 Å². The van der Waals surface area contributed by atoms with E-state index in [1.54, 1.807) is 0 Å². The van der Waals surface area contributed by atoms with Crippen molar-refractivity contribution in [2.75, 3.05) is 32.7 Å². The van der Waals surface area contributed by atoms with E-state index in [1.165, 1.54) is 11.8 Å². The molecule has 0 N–H and O–H groups in total. The summed E-state index contributed by atoms with van der Waals surface area (Å²) >= 11 is 0. The van der Waals surface area contributed by atoms with Crippen LogP contribution in [0, 0.1) is 19.7 Å². The van der Waals surface area contributed by atoms with Crippen LogP contribution in [0.15, 0.2) is 36.7 Å². The maximum absolute atomic E-state index is 14.9. The molecule has 0 amide bonds. The van der Waals surface area contributed by atoms with Crippen LogP contribution in [0.4, 0.5) is 4.39 Å². The molecule has 3 aromatic heterocycles. The lowest BCUT2D eigenvalue weighted by molar-refractivity contribution is 0.132. The van der Waals surface area contributed by atoms with Gasteiger partial charge in [0.05, 0.1) is 23.7 Å². The third-order valence-electron chi connectivity index (χ3n) is 7.29. The van der Waals surface area contributed by atoms with Crippen LogP contribution in [0.1, 0.15) is 55.3 Å². The number of fused-ring (bicyclic) bond motifs is 1. The number of pyridine rings is 1. The van der Waals surface area contributed by atoms with Crippen LogP contribution < -0.4 is 0 Å². The second-order valence-corrected chi connectivity index (χ2v) is 10.3. The van der Waals surface area contributed by atoms with Gasteiger partial charge in [-0.05, 0) is 63.6 Å². The van der Waals surface area contributed by atoms with E-state index < -0.39 is 5.82 Å². The summed E-state index contributed by atoms with van der Waals surface area (Å²) in [5.74, 6) is 1.08. The molecule has 0 bridgehead atoms. The average Bonchev–Trinajstić information content (AvgIpc) is 3.23. The van der Waals surface area contributed by atoms with Crippen molar-refractivity contribution in [3.8, 4) is 11.3 Å². The monoisotopic (exact) mass is 501 g/mol. The first kappa shape index (κ1) is 25.4. The fraction of sp³-hybridized carbons (Fsp3) is 0.448. The lowest BCUT2D eigenvalue weighted by atomic mass is 10.1. The molecule has 1 aliphatic heterocycles. The van der Waals surface area contributed by atoms with Gasteiger partial charge >= 0.3 is 0 Å². The fourth-order valence-electron chi connectivity index (χ4n) is 5.30. The number of imidazole rings is 1. The second-order valence-electron chi connectivity index (χ2n) is 10.3. The molecule has 4 heterocycles. The third-order valence-corrected chi connectivity index (χ3v) is 7.29. The Balaban J connectivity index is 1.35. The highest BCUT2D eigenvalue weighted by Gasteiger charge is 2.18. The molecule has 1 aliphatic rings. The maximum atomic E-state index is 14.9. The minimum atomic E-state index is -0.429. The highest BCUT2D eigenvalue weighted by molar-refractivity contribution is 5.85. The summed E-state index contributed by atoms with van der Waals surface area (Å²) in [6, 6.07) is 8.36. The molecular weight excluding hydrogens is 465 g/mol. The molecule has 1 fully saturated rings.